The molecule has 0 unspecified atom stereocenters. The van der Waals surface area contributed by atoms with Gasteiger partial charge in [0.1, 0.15) is 12.1 Å². The molecule has 0 fully saturated rings. The van der Waals surface area contributed by atoms with Gasteiger partial charge in [-0.3, -0.25) is 5.10 Å². The van der Waals surface area contributed by atoms with Gasteiger partial charge in [0.05, 0.1) is 6.54 Å². The number of aromatic amines is 1. The summed E-state index contributed by atoms with van der Waals surface area (Å²) in [6.45, 7) is 3.87. The van der Waals surface area contributed by atoms with E-state index in [0.29, 0.717) is 19.0 Å². The topological polar surface area (TPSA) is 78.0 Å². The molecule has 0 saturated carbocycles. The van der Waals surface area contributed by atoms with Gasteiger partial charge in [-0.05, 0) is 36.2 Å². The van der Waals surface area contributed by atoms with Crippen LogP contribution in [0, 0.1) is 5.82 Å². The number of aromatic nitrogens is 3. The first-order chi connectivity index (χ1) is 12.7. The molecule has 0 spiro atoms. The fourth-order valence-electron chi connectivity index (χ4n) is 2.46. The monoisotopic (exact) mass is 352 g/mol. The molecule has 0 radical (unpaired) electrons. The lowest BCUT2D eigenvalue weighted by molar-refractivity contribution is 0.626. The largest absolute Gasteiger partial charge is 0.357 e. The fraction of sp³-hybridized carbons (Fsp3) is 0.211. The van der Waals surface area contributed by atoms with Crippen molar-refractivity contribution >= 4 is 5.96 Å². The van der Waals surface area contributed by atoms with Crippen LogP contribution in [0.2, 0.25) is 0 Å². The summed E-state index contributed by atoms with van der Waals surface area (Å²) in [5.74, 6) is 1.21. The van der Waals surface area contributed by atoms with Crippen LogP contribution in [0.25, 0.3) is 11.4 Å². The summed E-state index contributed by atoms with van der Waals surface area (Å²) in [5, 5.41) is 13.2. The zero-order chi connectivity index (χ0) is 18.2. The number of aliphatic imine (C=N–C) groups is 1. The van der Waals surface area contributed by atoms with Gasteiger partial charge in [-0.15, -0.1) is 0 Å². The van der Waals surface area contributed by atoms with E-state index in [2.05, 4.69) is 30.8 Å². The molecule has 0 bridgehead atoms. The van der Waals surface area contributed by atoms with Gasteiger partial charge < -0.3 is 10.6 Å². The second kappa shape index (κ2) is 8.75. The second-order valence-electron chi connectivity index (χ2n) is 5.71. The third kappa shape index (κ3) is 4.89. The van der Waals surface area contributed by atoms with Crippen molar-refractivity contribution < 1.29 is 4.39 Å². The molecule has 7 heteroatoms. The molecule has 1 heterocycles. The van der Waals surface area contributed by atoms with Crippen LogP contribution in [0.15, 0.2) is 59.9 Å². The Morgan fingerprint density at radius 3 is 2.69 bits per heavy atom. The van der Waals surface area contributed by atoms with Gasteiger partial charge in [0, 0.05) is 18.7 Å². The van der Waals surface area contributed by atoms with Crippen molar-refractivity contribution in [2.24, 2.45) is 4.99 Å². The molecular weight excluding hydrogens is 331 g/mol. The first-order valence-electron chi connectivity index (χ1n) is 8.46. The van der Waals surface area contributed by atoms with E-state index in [9.17, 15) is 4.39 Å². The number of nitrogens with zero attached hydrogens (tertiary/aromatic N) is 3. The summed E-state index contributed by atoms with van der Waals surface area (Å²) in [5.41, 5.74) is 3.03. The Morgan fingerprint density at radius 1 is 1.12 bits per heavy atom. The van der Waals surface area contributed by atoms with E-state index in [0.717, 1.165) is 29.1 Å². The maximum absolute atomic E-state index is 13.0. The highest BCUT2D eigenvalue weighted by atomic mass is 19.1. The molecule has 2 aromatic carbocycles. The Kier molecular flexibility index (Phi) is 5.92. The average molecular weight is 352 g/mol. The van der Waals surface area contributed by atoms with E-state index in [1.54, 1.807) is 12.1 Å². The maximum atomic E-state index is 13.0. The Bertz CT molecular complexity index is 843. The van der Waals surface area contributed by atoms with Gasteiger partial charge in [0.2, 0.25) is 0 Å². The lowest BCUT2D eigenvalue weighted by Crippen LogP contribution is -2.36. The van der Waals surface area contributed by atoms with E-state index in [-0.39, 0.29) is 5.82 Å². The number of hydrogen-bond donors (Lipinski definition) is 3. The van der Waals surface area contributed by atoms with Crippen LogP contribution in [0.4, 0.5) is 4.39 Å². The molecule has 0 aliphatic rings. The van der Waals surface area contributed by atoms with Crippen LogP contribution in [0.3, 0.4) is 0 Å². The average Bonchev–Trinajstić information content (AvgIpc) is 3.20. The highest BCUT2D eigenvalue weighted by molar-refractivity contribution is 5.79. The van der Waals surface area contributed by atoms with Crippen molar-refractivity contribution in [1.29, 1.82) is 0 Å². The van der Waals surface area contributed by atoms with Crippen LogP contribution in [0.5, 0.6) is 0 Å². The van der Waals surface area contributed by atoms with E-state index in [1.165, 1.54) is 18.5 Å². The summed E-state index contributed by atoms with van der Waals surface area (Å²) in [6.07, 6.45) is 1.49. The van der Waals surface area contributed by atoms with Crippen LogP contribution >= 0.6 is 0 Å². The van der Waals surface area contributed by atoms with E-state index in [1.807, 2.05) is 31.2 Å². The van der Waals surface area contributed by atoms with Crippen LogP contribution < -0.4 is 10.6 Å². The Morgan fingerprint density at radius 2 is 1.96 bits per heavy atom. The van der Waals surface area contributed by atoms with Crippen molar-refractivity contribution in [1.82, 2.24) is 25.8 Å². The third-order valence-corrected chi connectivity index (χ3v) is 3.75. The first kappa shape index (κ1) is 17.6. The molecule has 134 valence electrons. The van der Waals surface area contributed by atoms with Gasteiger partial charge in [-0.1, -0.05) is 30.3 Å². The molecule has 6 nitrogen and oxygen atoms in total. The van der Waals surface area contributed by atoms with Crippen molar-refractivity contribution in [3.8, 4) is 11.4 Å². The van der Waals surface area contributed by atoms with Gasteiger partial charge >= 0.3 is 0 Å². The van der Waals surface area contributed by atoms with Crippen molar-refractivity contribution in [2.75, 3.05) is 6.54 Å². The van der Waals surface area contributed by atoms with Gasteiger partial charge in [-0.2, -0.15) is 5.10 Å². The zero-order valence-corrected chi connectivity index (χ0v) is 14.5. The molecule has 3 aromatic rings. The summed E-state index contributed by atoms with van der Waals surface area (Å²) in [7, 11) is 0. The molecule has 0 aliphatic carbocycles. The minimum atomic E-state index is -0.235. The maximum Gasteiger partial charge on any atom is 0.191 e. The lowest BCUT2D eigenvalue weighted by atomic mass is 10.1. The van der Waals surface area contributed by atoms with E-state index in [4.69, 9.17) is 0 Å². The molecule has 0 atom stereocenters. The van der Waals surface area contributed by atoms with Crippen LogP contribution in [-0.2, 0) is 13.1 Å². The van der Waals surface area contributed by atoms with E-state index >= 15 is 0 Å². The molecule has 3 rings (SSSR count). The van der Waals surface area contributed by atoms with Gasteiger partial charge in [-0.25, -0.2) is 14.4 Å². The second-order valence-corrected chi connectivity index (χ2v) is 5.71. The quantitative estimate of drug-likeness (QED) is 0.471. The number of hydrogen-bond acceptors (Lipinski definition) is 3. The number of H-pyrrole nitrogens is 1. The Labute approximate surface area is 151 Å². The number of rotatable bonds is 6. The smallest absolute Gasteiger partial charge is 0.191 e. The number of guanidine groups is 1. The molecule has 3 N–H and O–H groups in total. The summed E-state index contributed by atoms with van der Waals surface area (Å²) in [4.78, 5) is 8.78. The zero-order valence-electron chi connectivity index (χ0n) is 14.5. The van der Waals surface area contributed by atoms with Crippen LogP contribution in [0.1, 0.15) is 18.1 Å². The first-order valence-corrected chi connectivity index (χ1v) is 8.46. The third-order valence-electron chi connectivity index (χ3n) is 3.75. The van der Waals surface area contributed by atoms with Crippen molar-refractivity contribution in [2.45, 2.75) is 20.0 Å². The van der Waals surface area contributed by atoms with Crippen molar-refractivity contribution in [3.63, 3.8) is 0 Å². The number of benzene rings is 2. The number of nitrogens with one attached hydrogen (secondary N) is 3. The minimum absolute atomic E-state index is 0.235. The SMILES string of the molecule is CCNC(=NCc1cccc(-c2ncn[nH]2)c1)NCc1ccc(F)cc1. The Balaban J connectivity index is 1.65. The highest BCUT2D eigenvalue weighted by Gasteiger charge is 2.03. The molecule has 26 heavy (non-hydrogen) atoms. The Hall–Kier alpha value is -3.22. The predicted octanol–water partition coefficient (Wildman–Crippen LogP) is 2.87. The molecule has 0 saturated heterocycles. The normalized spacial score (nSPS) is 11.4. The summed E-state index contributed by atoms with van der Waals surface area (Å²) >= 11 is 0. The highest BCUT2D eigenvalue weighted by Crippen LogP contribution is 2.15. The van der Waals surface area contributed by atoms with Gasteiger partial charge in [0.25, 0.3) is 0 Å². The molecule has 0 aliphatic heterocycles. The lowest BCUT2D eigenvalue weighted by Gasteiger charge is -2.11. The predicted molar refractivity (Wildman–Crippen MR) is 99.9 cm³/mol. The number of halogens is 1. The molecular formula is C19H21FN6. The molecule has 0 amide bonds. The minimum Gasteiger partial charge on any atom is -0.357 e. The van der Waals surface area contributed by atoms with Crippen LogP contribution in [-0.4, -0.2) is 27.7 Å². The van der Waals surface area contributed by atoms with Crippen molar-refractivity contribution in [3.05, 3.63) is 71.8 Å². The summed E-state index contributed by atoms with van der Waals surface area (Å²) < 4.78 is 13.0. The van der Waals surface area contributed by atoms with E-state index < -0.39 is 0 Å². The standard InChI is InChI=1S/C19H21FN6/c1-2-21-19(22-11-14-6-8-17(20)9-7-14)23-12-15-4-3-5-16(10-15)18-24-13-25-26-18/h3-10,13H,2,11-12H2,1H3,(H2,21,22,23)(H,24,25,26). The van der Waals surface area contributed by atoms with Gasteiger partial charge in [0.15, 0.2) is 11.8 Å². The molecule has 1 aromatic heterocycles. The summed E-state index contributed by atoms with van der Waals surface area (Å²) in [6, 6.07) is 14.4. The fourth-order valence-corrected chi connectivity index (χ4v) is 2.46.